The molecule has 2 aliphatic carbocycles. The lowest BCUT2D eigenvalue weighted by Gasteiger charge is -2.12. The van der Waals surface area contributed by atoms with Crippen LogP contribution in [0.1, 0.15) is 48.9 Å². The van der Waals surface area contributed by atoms with Gasteiger partial charge in [0, 0.05) is 6.04 Å². The number of amides is 2. The van der Waals surface area contributed by atoms with Crippen LogP contribution in [0.5, 0.6) is 0 Å². The molecule has 0 atom stereocenters. The molecule has 0 heterocycles. The topological polar surface area (TPSA) is 84.5 Å². The van der Waals surface area contributed by atoms with Crippen LogP contribution < -0.4 is 10.6 Å². The number of benzene rings is 1. The molecular weight excluding hydrogens is 308 g/mol. The van der Waals surface area contributed by atoms with Gasteiger partial charge in [-0.2, -0.15) is 0 Å². The standard InChI is InChI=1S/C18H22N2O4/c21-16(11-24-18(23)12-5-1-2-6-12)20-15-8-4-3-7-14(15)17(22)19-13-9-10-13/h3-4,7-8,12-13H,1-2,5-6,9-11H2,(H,19,22)(H,20,21). The molecule has 0 spiro atoms. The van der Waals surface area contributed by atoms with Gasteiger partial charge in [0.15, 0.2) is 6.61 Å². The van der Waals surface area contributed by atoms with E-state index in [4.69, 9.17) is 4.74 Å². The first-order valence-electron chi connectivity index (χ1n) is 8.50. The van der Waals surface area contributed by atoms with Crippen molar-refractivity contribution >= 4 is 23.5 Å². The molecule has 6 heteroatoms. The molecule has 0 unspecified atom stereocenters. The zero-order valence-corrected chi connectivity index (χ0v) is 13.5. The Morgan fingerprint density at radius 1 is 1.04 bits per heavy atom. The summed E-state index contributed by atoms with van der Waals surface area (Å²) < 4.78 is 5.08. The Balaban J connectivity index is 1.53. The van der Waals surface area contributed by atoms with Crippen LogP contribution in [0.3, 0.4) is 0 Å². The predicted octanol–water partition coefficient (Wildman–Crippen LogP) is 2.25. The Labute approximate surface area is 140 Å². The summed E-state index contributed by atoms with van der Waals surface area (Å²) >= 11 is 0. The molecule has 0 aromatic heterocycles. The van der Waals surface area contributed by atoms with Crippen LogP contribution in [0.2, 0.25) is 0 Å². The second-order valence-corrected chi connectivity index (χ2v) is 6.43. The molecule has 0 radical (unpaired) electrons. The van der Waals surface area contributed by atoms with E-state index in [1.54, 1.807) is 24.3 Å². The van der Waals surface area contributed by atoms with Crippen molar-refractivity contribution in [3.8, 4) is 0 Å². The highest BCUT2D eigenvalue weighted by molar-refractivity contribution is 6.04. The Kier molecular flexibility index (Phi) is 5.13. The van der Waals surface area contributed by atoms with E-state index in [0.717, 1.165) is 38.5 Å². The van der Waals surface area contributed by atoms with E-state index in [0.29, 0.717) is 11.3 Å². The minimum absolute atomic E-state index is 0.0746. The highest BCUT2D eigenvalue weighted by Crippen LogP contribution is 2.25. The highest BCUT2D eigenvalue weighted by Gasteiger charge is 2.26. The summed E-state index contributed by atoms with van der Waals surface area (Å²) in [7, 11) is 0. The van der Waals surface area contributed by atoms with Gasteiger partial charge in [-0.15, -0.1) is 0 Å². The van der Waals surface area contributed by atoms with Crippen molar-refractivity contribution in [2.24, 2.45) is 5.92 Å². The summed E-state index contributed by atoms with van der Waals surface area (Å²) in [5.74, 6) is -1.01. The van der Waals surface area contributed by atoms with E-state index < -0.39 is 5.91 Å². The van der Waals surface area contributed by atoms with Gasteiger partial charge in [0.1, 0.15) is 0 Å². The Morgan fingerprint density at radius 2 is 1.75 bits per heavy atom. The van der Waals surface area contributed by atoms with Gasteiger partial charge in [0.05, 0.1) is 17.2 Å². The number of nitrogens with one attached hydrogen (secondary N) is 2. The average Bonchev–Trinajstić information content (AvgIpc) is 3.22. The molecule has 1 aromatic rings. The summed E-state index contributed by atoms with van der Waals surface area (Å²) in [5, 5.41) is 5.55. The van der Waals surface area contributed by atoms with Gasteiger partial charge < -0.3 is 15.4 Å². The number of para-hydroxylation sites is 1. The van der Waals surface area contributed by atoms with Crippen molar-refractivity contribution in [3.63, 3.8) is 0 Å². The lowest BCUT2D eigenvalue weighted by molar-refractivity contribution is -0.151. The van der Waals surface area contributed by atoms with Gasteiger partial charge in [-0.25, -0.2) is 0 Å². The molecule has 2 aliphatic rings. The normalized spacial score (nSPS) is 17.3. The minimum Gasteiger partial charge on any atom is -0.455 e. The summed E-state index contributed by atoms with van der Waals surface area (Å²) in [6.45, 7) is -0.325. The van der Waals surface area contributed by atoms with Crippen LogP contribution in [-0.2, 0) is 14.3 Å². The molecular formula is C18H22N2O4. The Bertz CT molecular complexity index is 634. The maximum atomic E-state index is 12.2. The number of carbonyl (C=O) groups excluding carboxylic acids is 3. The first kappa shape index (κ1) is 16.5. The zero-order valence-electron chi connectivity index (χ0n) is 13.5. The van der Waals surface area contributed by atoms with Crippen molar-refractivity contribution in [1.29, 1.82) is 0 Å². The van der Waals surface area contributed by atoms with Gasteiger partial charge in [-0.3, -0.25) is 14.4 Å². The van der Waals surface area contributed by atoms with E-state index in [2.05, 4.69) is 10.6 Å². The molecule has 2 N–H and O–H groups in total. The molecule has 0 saturated heterocycles. The van der Waals surface area contributed by atoms with Crippen LogP contribution in [0.25, 0.3) is 0 Å². The monoisotopic (exact) mass is 330 g/mol. The van der Waals surface area contributed by atoms with E-state index in [-0.39, 0.29) is 30.4 Å². The first-order chi connectivity index (χ1) is 11.6. The molecule has 2 fully saturated rings. The van der Waals surface area contributed by atoms with Crippen molar-refractivity contribution in [1.82, 2.24) is 5.32 Å². The molecule has 1 aromatic carbocycles. The molecule has 0 bridgehead atoms. The highest BCUT2D eigenvalue weighted by atomic mass is 16.5. The fourth-order valence-corrected chi connectivity index (χ4v) is 2.88. The van der Waals surface area contributed by atoms with E-state index >= 15 is 0 Å². The quantitative estimate of drug-likeness (QED) is 0.784. The smallest absolute Gasteiger partial charge is 0.309 e. The summed E-state index contributed by atoms with van der Waals surface area (Å²) in [6.07, 6.45) is 5.74. The predicted molar refractivity (Wildman–Crippen MR) is 88.5 cm³/mol. The van der Waals surface area contributed by atoms with Crippen molar-refractivity contribution in [3.05, 3.63) is 29.8 Å². The lowest BCUT2D eigenvalue weighted by Crippen LogP contribution is -2.28. The fourth-order valence-electron chi connectivity index (χ4n) is 2.88. The van der Waals surface area contributed by atoms with Gasteiger partial charge in [-0.1, -0.05) is 25.0 Å². The van der Waals surface area contributed by atoms with Gasteiger partial charge >= 0.3 is 5.97 Å². The van der Waals surface area contributed by atoms with Gasteiger partial charge in [0.2, 0.25) is 0 Å². The SMILES string of the molecule is O=C(COC(=O)C1CCCC1)Nc1ccccc1C(=O)NC1CC1. The fraction of sp³-hybridized carbons (Fsp3) is 0.500. The largest absolute Gasteiger partial charge is 0.455 e. The third-order valence-electron chi connectivity index (χ3n) is 4.39. The van der Waals surface area contributed by atoms with Gasteiger partial charge in [0.25, 0.3) is 11.8 Å². The molecule has 6 nitrogen and oxygen atoms in total. The Hall–Kier alpha value is -2.37. The molecule has 128 valence electrons. The van der Waals surface area contributed by atoms with E-state index in [9.17, 15) is 14.4 Å². The van der Waals surface area contributed by atoms with Crippen LogP contribution >= 0.6 is 0 Å². The van der Waals surface area contributed by atoms with Crippen molar-refractivity contribution in [2.75, 3.05) is 11.9 Å². The van der Waals surface area contributed by atoms with Crippen LogP contribution in [0.15, 0.2) is 24.3 Å². The second kappa shape index (κ2) is 7.47. The van der Waals surface area contributed by atoms with Crippen LogP contribution in [-0.4, -0.2) is 30.4 Å². The van der Waals surface area contributed by atoms with E-state index in [1.807, 2.05) is 0 Å². The zero-order chi connectivity index (χ0) is 16.9. The average molecular weight is 330 g/mol. The number of esters is 1. The molecule has 2 amide bonds. The number of anilines is 1. The molecule has 24 heavy (non-hydrogen) atoms. The summed E-state index contributed by atoms with van der Waals surface area (Å²) in [5.41, 5.74) is 0.845. The maximum absolute atomic E-state index is 12.2. The number of ether oxygens (including phenoxy) is 1. The number of hydrogen-bond donors (Lipinski definition) is 2. The number of rotatable bonds is 6. The van der Waals surface area contributed by atoms with Gasteiger partial charge in [-0.05, 0) is 37.8 Å². The number of hydrogen-bond acceptors (Lipinski definition) is 4. The molecule has 3 rings (SSSR count). The third kappa shape index (κ3) is 4.34. The van der Waals surface area contributed by atoms with Crippen LogP contribution in [0, 0.1) is 5.92 Å². The van der Waals surface area contributed by atoms with Crippen LogP contribution in [0.4, 0.5) is 5.69 Å². The molecule has 2 saturated carbocycles. The first-order valence-corrected chi connectivity index (χ1v) is 8.50. The number of carbonyl (C=O) groups is 3. The Morgan fingerprint density at radius 3 is 2.46 bits per heavy atom. The van der Waals surface area contributed by atoms with E-state index in [1.165, 1.54) is 0 Å². The summed E-state index contributed by atoms with van der Waals surface area (Å²) in [4.78, 5) is 36.1. The summed E-state index contributed by atoms with van der Waals surface area (Å²) in [6, 6.07) is 7.07. The minimum atomic E-state index is -0.437. The second-order valence-electron chi connectivity index (χ2n) is 6.43. The maximum Gasteiger partial charge on any atom is 0.309 e. The van der Waals surface area contributed by atoms with Crippen molar-refractivity contribution in [2.45, 2.75) is 44.6 Å². The van der Waals surface area contributed by atoms with Crippen molar-refractivity contribution < 1.29 is 19.1 Å². The third-order valence-corrected chi connectivity index (χ3v) is 4.39. The lowest BCUT2D eigenvalue weighted by atomic mass is 10.1. The molecule has 0 aliphatic heterocycles.